The van der Waals surface area contributed by atoms with Crippen molar-refractivity contribution < 1.29 is 4.74 Å². The van der Waals surface area contributed by atoms with Crippen molar-refractivity contribution in [2.45, 2.75) is 51.2 Å². The Hall–Kier alpha value is -0.380. The van der Waals surface area contributed by atoms with Crippen LogP contribution in [0.15, 0.2) is 16.8 Å². The van der Waals surface area contributed by atoms with Gasteiger partial charge in [0.1, 0.15) is 0 Å². The summed E-state index contributed by atoms with van der Waals surface area (Å²) in [5.41, 5.74) is 1.48. The lowest BCUT2D eigenvalue weighted by Gasteiger charge is -2.21. The van der Waals surface area contributed by atoms with E-state index in [1.807, 2.05) is 0 Å². The van der Waals surface area contributed by atoms with E-state index >= 15 is 0 Å². The van der Waals surface area contributed by atoms with Crippen LogP contribution in [0.5, 0.6) is 0 Å². The molecule has 0 saturated carbocycles. The second-order valence-electron chi connectivity index (χ2n) is 4.80. The minimum absolute atomic E-state index is 0.501. The van der Waals surface area contributed by atoms with Gasteiger partial charge >= 0.3 is 0 Å². The van der Waals surface area contributed by atoms with Gasteiger partial charge in [-0.25, -0.2) is 0 Å². The molecule has 96 valence electrons. The molecular formula is C14H23NOS. The summed E-state index contributed by atoms with van der Waals surface area (Å²) in [4.78, 5) is 0. The first-order chi connectivity index (χ1) is 8.38. The number of ether oxygens (including phenoxy) is 1. The Morgan fingerprint density at radius 1 is 1.59 bits per heavy atom. The van der Waals surface area contributed by atoms with E-state index < -0.39 is 0 Å². The number of thiophene rings is 1. The predicted octanol–water partition coefficient (Wildman–Crippen LogP) is 3.23. The van der Waals surface area contributed by atoms with Crippen molar-refractivity contribution >= 4 is 11.3 Å². The third-order valence-electron chi connectivity index (χ3n) is 3.43. The van der Waals surface area contributed by atoms with Crippen molar-refractivity contribution in [3.63, 3.8) is 0 Å². The summed E-state index contributed by atoms with van der Waals surface area (Å²) in [5.74, 6) is 0. The molecular weight excluding hydrogens is 230 g/mol. The first-order valence-corrected chi connectivity index (χ1v) is 7.69. The highest BCUT2D eigenvalue weighted by molar-refractivity contribution is 7.07. The SMILES string of the molecule is CCNC(CCc1ccsc1)CC1CCCO1. The summed E-state index contributed by atoms with van der Waals surface area (Å²) in [5, 5.41) is 8.02. The molecule has 0 bridgehead atoms. The van der Waals surface area contributed by atoms with Crippen molar-refractivity contribution in [2.75, 3.05) is 13.2 Å². The summed E-state index contributed by atoms with van der Waals surface area (Å²) in [6.45, 7) is 4.21. The van der Waals surface area contributed by atoms with Gasteiger partial charge in [-0.05, 0) is 61.0 Å². The lowest BCUT2D eigenvalue weighted by atomic mass is 10.0. The van der Waals surface area contributed by atoms with Gasteiger partial charge < -0.3 is 10.1 Å². The topological polar surface area (TPSA) is 21.3 Å². The Kier molecular flexibility index (Phi) is 5.49. The standard InChI is InChI=1S/C14H23NOS/c1-2-15-13(10-14-4-3-8-16-14)6-5-12-7-9-17-11-12/h7,9,11,13-15H,2-6,8,10H2,1H3. The summed E-state index contributed by atoms with van der Waals surface area (Å²) in [6.07, 6.45) is 6.59. The van der Waals surface area contributed by atoms with Crippen LogP contribution in [-0.2, 0) is 11.2 Å². The Bertz CT molecular complexity index is 293. The monoisotopic (exact) mass is 253 g/mol. The fourth-order valence-electron chi connectivity index (χ4n) is 2.52. The maximum atomic E-state index is 5.73. The summed E-state index contributed by atoms with van der Waals surface area (Å²) in [6, 6.07) is 2.85. The second-order valence-corrected chi connectivity index (χ2v) is 5.58. The smallest absolute Gasteiger partial charge is 0.0590 e. The molecule has 1 aliphatic heterocycles. The minimum Gasteiger partial charge on any atom is -0.378 e. The quantitative estimate of drug-likeness (QED) is 0.805. The fraction of sp³-hybridized carbons (Fsp3) is 0.714. The molecule has 1 N–H and O–H groups in total. The maximum Gasteiger partial charge on any atom is 0.0590 e. The normalized spacial score (nSPS) is 21.8. The van der Waals surface area contributed by atoms with Gasteiger partial charge in [-0.1, -0.05) is 6.92 Å². The molecule has 1 saturated heterocycles. The van der Waals surface area contributed by atoms with Crippen LogP contribution in [0.25, 0.3) is 0 Å². The van der Waals surface area contributed by atoms with Crippen molar-refractivity contribution in [1.82, 2.24) is 5.32 Å². The zero-order chi connectivity index (χ0) is 11.9. The highest BCUT2D eigenvalue weighted by Crippen LogP contribution is 2.19. The Balaban J connectivity index is 1.75. The van der Waals surface area contributed by atoms with Crippen molar-refractivity contribution in [1.29, 1.82) is 0 Å². The van der Waals surface area contributed by atoms with Gasteiger partial charge in [0.25, 0.3) is 0 Å². The predicted molar refractivity (Wildman–Crippen MR) is 73.7 cm³/mol. The first-order valence-electron chi connectivity index (χ1n) is 6.74. The number of aryl methyl sites for hydroxylation is 1. The molecule has 1 aliphatic rings. The molecule has 17 heavy (non-hydrogen) atoms. The van der Waals surface area contributed by atoms with Crippen LogP contribution in [0.2, 0.25) is 0 Å². The fourth-order valence-corrected chi connectivity index (χ4v) is 3.22. The molecule has 1 fully saturated rings. The van der Waals surface area contributed by atoms with Crippen molar-refractivity contribution in [3.8, 4) is 0 Å². The lowest BCUT2D eigenvalue weighted by Crippen LogP contribution is -2.32. The molecule has 0 aliphatic carbocycles. The molecule has 0 spiro atoms. The van der Waals surface area contributed by atoms with E-state index in [2.05, 4.69) is 29.1 Å². The molecule has 2 atom stereocenters. The van der Waals surface area contributed by atoms with Crippen LogP contribution in [0.1, 0.15) is 38.2 Å². The molecule has 3 heteroatoms. The van der Waals surface area contributed by atoms with Crippen molar-refractivity contribution in [3.05, 3.63) is 22.4 Å². The van der Waals surface area contributed by atoms with Crippen LogP contribution < -0.4 is 5.32 Å². The van der Waals surface area contributed by atoms with E-state index in [-0.39, 0.29) is 0 Å². The van der Waals surface area contributed by atoms with Gasteiger partial charge in [-0.3, -0.25) is 0 Å². The van der Waals surface area contributed by atoms with Crippen LogP contribution in [0.3, 0.4) is 0 Å². The second kappa shape index (κ2) is 7.14. The van der Waals surface area contributed by atoms with Gasteiger partial charge in [0.15, 0.2) is 0 Å². The van der Waals surface area contributed by atoms with Gasteiger partial charge in [0, 0.05) is 12.6 Å². The molecule has 2 nitrogen and oxygen atoms in total. The first kappa shape index (κ1) is 13.1. The van der Waals surface area contributed by atoms with E-state index in [1.54, 1.807) is 11.3 Å². The molecule has 1 aromatic heterocycles. The Morgan fingerprint density at radius 3 is 3.18 bits per heavy atom. The highest BCUT2D eigenvalue weighted by atomic mass is 32.1. The van der Waals surface area contributed by atoms with Crippen LogP contribution in [0.4, 0.5) is 0 Å². The number of hydrogen-bond donors (Lipinski definition) is 1. The molecule has 2 rings (SSSR count). The zero-order valence-electron chi connectivity index (χ0n) is 10.7. The van der Waals surface area contributed by atoms with E-state index in [1.165, 1.54) is 37.7 Å². The third kappa shape index (κ3) is 4.41. The molecule has 0 amide bonds. The molecule has 1 aromatic rings. The zero-order valence-corrected chi connectivity index (χ0v) is 11.5. The summed E-state index contributed by atoms with van der Waals surface area (Å²) < 4.78 is 5.73. The van der Waals surface area contributed by atoms with Crippen molar-refractivity contribution in [2.24, 2.45) is 0 Å². The molecule has 0 radical (unpaired) electrons. The van der Waals surface area contributed by atoms with Gasteiger partial charge in [-0.2, -0.15) is 11.3 Å². The average Bonchev–Trinajstić information content (AvgIpc) is 2.99. The maximum absolute atomic E-state index is 5.73. The largest absolute Gasteiger partial charge is 0.378 e. The molecule has 2 unspecified atom stereocenters. The molecule has 0 aromatic carbocycles. The summed E-state index contributed by atoms with van der Waals surface area (Å²) in [7, 11) is 0. The van der Waals surface area contributed by atoms with Gasteiger partial charge in [0.2, 0.25) is 0 Å². The third-order valence-corrected chi connectivity index (χ3v) is 4.16. The molecule has 2 heterocycles. The van der Waals surface area contributed by atoms with E-state index in [4.69, 9.17) is 4.74 Å². The van der Waals surface area contributed by atoms with E-state index in [9.17, 15) is 0 Å². The minimum atomic E-state index is 0.501. The number of hydrogen-bond acceptors (Lipinski definition) is 3. The van der Waals surface area contributed by atoms with Gasteiger partial charge in [-0.15, -0.1) is 0 Å². The Morgan fingerprint density at radius 2 is 2.53 bits per heavy atom. The van der Waals surface area contributed by atoms with Gasteiger partial charge in [0.05, 0.1) is 6.10 Å². The average molecular weight is 253 g/mol. The Labute approximate surface area is 108 Å². The lowest BCUT2D eigenvalue weighted by molar-refractivity contribution is 0.0938. The summed E-state index contributed by atoms with van der Waals surface area (Å²) >= 11 is 1.79. The number of rotatable bonds is 7. The van der Waals surface area contributed by atoms with E-state index in [0.717, 1.165) is 13.2 Å². The van der Waals surface area contributed by atoms with Crippen LogP contribution >= 0.6 is 11.3 Å². The van der Waals surface area contributed by atoms with Crippen LogP contribution in [0, 0.1) is 0 Å². The highest BCUT2D eigenvalue weighted by Gasteiger charge is 2.20. The number of nitrogens with one attached hydrogen (secondary N) is 1. The van der Waals surface area contributed by atoms with E-state index in [0.29, 0.717) is 12.1 Å². The van der Waals surface area contributed by atoms with Crippen LogP contribution in [-0.4, -0.2) is 25.3 Å².